The van der Waals surface area contributed by atoms with Crippen molar-refractivity contribution in [3.63, 3.8) is 0 Å². The molecule has 0 spiro atoms. The molecule has 0 unspecified atom stereocenters. The first-order valence-corrected chi connectivity index (χ1v) is 7.42. The number of hydrogen-bond donors (Lipinski definition) is 1. The molecule has 0 aliphatic rings. The minimum Gasteiger partial charge on any atom is -0.494 e. The maximum atomic E-state index is 11.8. The Kier molecular flexibility index (Phi) is 6.10. The van der Waals surface area contributed by atoms with Crippen molar-refractivity contribution >= 4 is 17.5 Å². The van der Waals surface area contributed by atoms with Crippen LogP contribution in [0.2, 0.25) is 5.02 Å². The number of carbonyl (C=O) groups is 1. The van der Waals surface area contributed by atoms with Gasteiger partial charge in [-0.25, -0.2) is 0 Å². The molecule has 0 bridgehead atoms. The lowest BCUT2D eigenvalue weighted by Crippen LogP contribution is -2.28. The van der Waals surface area contributed by atoms with E-state index in [0.29, 0.717) is 23.9 Å². The predicted octanol–water partition coefficient (Wildman–Crippen LogP) is 3.43. The molecule has 5 heteroatoms. The quantitative estimate of drug-likeness (QED) is 0.850. The van der Waals surface area contributed by atoms with Gasteiger partial charge in [0.05, 0.1) is 6.61 Å². The molecular weight excluding hydrogens is 302 g/mol. The molecule has 0 aliphatic carbocycles. The van der Waals surface area contributed by atoms with Gasteiger partial charge in [0.25, 0.3) is 5.91 Å². The molecule has 2 rings (SSSR count). The third-order valence-corrected chi connectivity index (χ3v) is 3.13. The Balaban J connectivity index is 1.77. The van der Waals surface area contributed by atoms with E-state index in [9.17, 15) is 4.79 Å². The summed E-state index contributed by atoms with van der Waals surface area (Å²) >= 11 is 5.78. The molecule has 4 nitrogen and oxygen atoms in total. The molecule has 0 saturated heterocycles. The summed E-state index contributed by atoms with van der Waals surface area (Å²) in [5, 5.41) is 3.43. The lowest BCUT2D eigenvalue weighted by molar-refractivity contribution is -0.123. The zero-order valence-corrected chi connectivity index (χ0v) is 13.1. The fourth-order valence-electron chi connectivity index (χ4n) is 1.84. The molecule has 0 fully saturated rings. The minimum atomic E-state index is -0.184. The van der Waals surface area contributed by atoms with Crippen LogP contribution in [-0.2, 0) is 11.3 Å². The van der Waals surface area contributed by atoms with Gasteiger partial charge in [0.2, 0.25) is 0 Å². The van der Waals surface area contributed by atoms with Gasteiger partial charge < -0.3 is 14.8 Å². The highest BCUT2D eigenvalue weighted by Crippen LogP contribution is 2.15. The summed E-state index contributed by atoms with van der Waals surface area (Å²) < 4.78 is 10.8. The summed E-state index contributed by atoms with van der Waals surface area (Å²) in [6.07, 6.45) is 0. The van der Waals surface area contributed by atoms with Gasteiger partial charge in [0.15, 0.2) is 6.61 Å². The van der Waals surface area contributed by atoms with E-state index in [-0.39, 0.29) is 12.5 Å². The molecule has 22 heavy (non-hydrogen) atoms. The maximum Gasteiger partial charge on any atom is 0.258 e. The van der Waals surface area contributed by atoms with E-state index in [0.717, 1.165) is 11.3 Å². The first-order valence-electron chi connectivity index (χ1n) is 7.04. The van der Waals surface area contributed by atoms with E-state index in [1.807, 2.05) is 31.2 Å². The minimum absolute atomic E-state index is 0.0349. The molecule has 0 aromatic heterocycles. The normalized spacial score (nSPS) is 10.1. The predicted molar refractivity (Wildman–Crippen MR) is 86.4 cm³/mol. The number of ether oxygens (including phenoxy) is 2. The lowest BCUT2D eigenvalue weighted by Gasteiger charge is -2.09. The van der Waals surface area contributed by atoms with Crippen molar-refractivity contribution in [2.45, 2.75) is 13.5 Å². The zero-order valence-electron chi connectivity index (χ0n) is 12.3. The molecule has 1 amide bonds. The van der Waals surface area contributed by atoms with Gasteiger partial charge in [0, 0.05) is 11.6 Å². The molecular formula is C17H18ClNO3. The van der Waals surface area contributed by atoms with Gasteiger partial charge in [0.1, 0.15) is 11.5 Å². The van der Waals surface area contributed by atoms with Crippen molar-refractivity contribution in [3.8, 4) is 11.5 Å². The van der Waals surface area contributed by atoms with Crippen LogP contribution in [0.5, 0.6) is 11.5 Å². The van der Waals surface area contributed by atoms with Gasteiger partial charge in [-0.3, -0.25) is 4.79 Å². The number of hydrogen-bond acceptors (Lipinski definition) is 3. The second-order valence-corrected chi connectivity index (χ2v) is 5.04. The number of halogens is 1. The van der Waals surface area contributed by atoms with Gasteiger partial charge in [-0.2, -0.15) is 0 Å². The van der Waals surface area contributed by atoms with Crippen LogP contribution in [0.3, 0.4) is 0 Å². The highest BCUT2D eigenvalue weighted by atomic mass is 35.5. The van der Waals surface area contributed by atoms with E-state index < -0.39 is 0 Å². The Morgan fingerprint density at radius 1 is 1.09 bits per heavy atom. The Morgan fingerprint density at radius 3 is 2.59 bits per heavy atom. The summed E-state index contributed by atoms with van der Waals surface area (Å²) in [7, 11) is 0. The topological polar surface area (TPSA) is 47.6 Å². The molecule has 0 heterocycles. The molecule has 2 aromatic rings. The van der Waals surface area contributed by atoms with Crippen LogP contribution >= 0.6 is 11.6 Å². The van der Waals surface area contributed by atoms with Crippen LogP contribution in [0.25, 0.3) is 0 Å². The molecule has 0 radical (unpaired) electrons. The third-order valence-electron chi connectivity index (χ3n) is 2.88. The van der Waals surface area contributed by atoms with E-state index >= 15 is 0 Å². The van der Waals surface area contributed by atoms with Crippen molar-refractivity contribution in [2.24, 2.45) is 0 Å². The Labute approximate surface area is 135 Å². The van der Waals surface area contributed by atoms with Crippen LogP contribution in [0.1, 0.15) is 12.5 Å². The third kappa shape index (κ3) is 5.30. The van der Waals surface area contributed by atoms with Crippen LogP contribution in [0, 0.1) is 0 Å². The van der Waals surface area contributed by atoms with Gasteiger partial charge in [-0.05, 0) is 48.9 Å². The van der Waals surface area contributed by atoms with E-state index in [4.69, 9.17) is 21.1 Å². The van der Waals surface area contributed by atoms with Gasteiger partial charge in [-0.1, -0.05) is 23.7 Å². The highest BCUT2D eigenvalue weighted by molar-refractivity contribution is 6.30. The second kappa shape index (κ2) is 8.29. The smallest absolute Gasteiger partial charge is 0.258 e. The number of amides is 1. The molecule has 116 valence electrons. The van der Waals surface area contributed by atoms with Gasteiger partial charge >= 0.3 is 0 Å². The van der Waals surface area contributed by atoms with Crippen molar-refractivity contribution < 1.29 is 14.3 Å². The maximum absolute atomic E-state index is 11.8. The van der Waals surface area contributed by atoms with E-state index in [1.54, 1.807) is 24.3 Å². The average Bonchev–Trinajstić information content (AvgIpc) is 2.53. The fraction of sp³-hybridized carbons (Fsp3) is 0.235. The molecule has 0 atom stereocenters. The standard InChI is InChI=1S/C17H18ClNO3/c1-2-21-16-5-3-4-13(10-16)11-19-17(20)12-22-15-8-6-14(18)7-9-15/h3-10H,2,11-12H2,1H3,(H,19,20). The number of carbonyl (C=O) groups excluding carboxylic acids is 1. The molecule has 0 saturated carbocycles. The summed E-state index contributed by atoms with van der Waals surface area (Å²) in [4.78, 5) is 11.8. The first kappa shape index (κ1) is 16.2. The summed E-state index contributed by atoms with van der Waals surface area (Å²) in [5.74, 6) is 1.22. The lowest BCUT2D eigenvalue weighted by atomic mass is 10.2. The van der Waals surface area contributed by atoms with Crippen molar-refractivity contribution in [3.05, 3.63) is 59.1 Å². The van der Waals surface area contributed by atoms with Crippen LogP contribution in [-0.4, -0.2) is 19.1 Å². The fourth-order valence-corrected chi connectivity index (χ4v) is 1.97. The average molecular weight is 320 g/mol. The van der Waals surface area contributed by atoms with E-state index in [1.165, 1.54) is 0 Å². The van der Waals surface area contributed by atoms with Crippen molar-refractivity contribution in [2.75, 3.05) is 13.2 Å². The summed E-state index contributed by atoms with van der Waals surface area (Å²) in [6, 6.07) is 14.5. The Bertz CT molecular complexity index is 614. The number of rotatable bonds is 7. The molecule has 1 N–H and O–H groups in total. The summed E-state index contributed by atoms with van der Waals surface area (Å²) in [5.41, 5.74) is 0.978. The van der Waals surface area contributed by atoms with Crippen LogP contribution in [0.15, 0.2) is 48.5 Å². The van der Waals surface area contributed by atoms with Crippen LogP contribution < -0.4 is 14.8 Å². The first-order chi connectivity index (χ1) is 10.7. The molecule has 2 aromatic carbocycles. The Hall–Kier alpha value is -2.20. The largest absolute Gasteiger partial charge is 0.494 e. The SMILES string of the molecule is CCOc1cccc(CNC(=O)COc2ccc(Cl)cc2)c1. The van der Waals surface area contributed by atoms with Crippen molar-refractivity contribution in [1.29, 1.82) is 0 Å². The zero-order chi connectivity index (χ0) is 15.8. The molecule has 0 aliphatic heterocycles. The van der Waals surface area contributed by atoms with Gasteiger partial charge in [-0.15, -0.1) is 0 Å². The van der Waals surface area contributed by atoms with Crippen molar-refractivity contribution in [1.82, 2.24) is 5.32 Å². The number of benzene rings is 2. The summed E-state index contributed by atoms with van der Waals surface area (Å²) in [6.45, 7) is 2.95. The Morgan fingerprint density at radius 2 is 1.86 bits per heavy atom. The van der Waals surface area contributed by atoms with Crippen LogP contribution in [0.4, 0.5) is 0 Å². The number of nitrogens with one attached hydrogen (secondary N) is 1. The van der Waals surface area contributed by atoms with E-state index in [2.05, 4.69) is 5.32 Å². The monoisotopic (exact) mass is 319 g/mol. The highest BCUT2D eigenvalue weighted by Gasteiger charge is 2.04. The second-order valence-electron chi connectivity index (χ2n) is 4.60.